The second-order valence-electron chi connectivity index (χ2n) is 7.58. The summed E-state index contributed by atoms with van der Waals surface area (Å²) in [6, 6.07) is 6.30. The number of ether oxygens (including phenoxy) is 1. The normalized spacial score (nSPS) is 12.9. The third-order valence-electron chi connectivity index (χ3n) is 4.32. The van der Waals surface area contributed by atoms with Gasteiger partial charge in [0.2, 0.25) is 0 Å². The lowest BCUT2D eigenvalue weighted by atomic mass is 10.1. The van der Waals surface area contributed by atoms with E-state index in [1.165, 1.54) is 5.56 Å². The predicted molar refractivity (Wildman–Crippen MR) is 113 cm³/mol. The molecule has 1 heterocycles. The molecule has 2 rings (SSSR count). The van der Waals surface area contributed by atoms with Gasteiger partial charge in [0.1, 0.15) is 12.1 Å². The van der Waals surface area contributed by atoms with Gasteiger partial charge in [-0.25, -0.2) is 4.99 Å². The average Bonchev–Trinajstić information content (AvgIpc) is 3.03. The number of aromatic nitrogens is 3. The Balaban J connectivity index is 2.08. The fraction of sp³-hybridized carbons (Fsp3) is 0.571. The van der Waals surface area contributed by atoms with Gasteiger partial charge >= 0.3 is 0 Å². The molecule has 0 spiro atoms. The molecule has 0 amide bonds. The van der Waals surface area contributed by atoms with Crippen molar-refractivity contribution in [3.8, 4) is 5.75 Å². The van der Waals surface area contributed by atoms with Gasteiger partial charge in [0, 0.05) is 19.2 Å². The third kappa shape index (κ3) is 6.87. The molecular weight excluding hydrogens is 352 g/mol. The van der Waals surface area contributed by atoms with E-state index in [-0.39, 0.29) is 6.10 Å². The van der Waals surface area contributed by atoms with E-state index in [1.54, 1.807) is 6.33 Å². The first-order valence-corrected chi connectivity index (χ1v) is 10.00. The molecule has 0 aliphatic heterocycles. The standard InChI is InChI=1S/C21H34N6O/c1-7-22-21(24-13-20-26-25-14-27(20)6)23-12-18-9-8-16(4)11-19(18)28-17(5)10-15(2)3/h8-9,11,14-15,17H,7,10,12-13H2,1-6H3,(H2,22,23,24). The van der Waals surface area contributed by atoms with E-state index in [0.717, 1.165) is 36.1 Å². The molecule has 2 N–H and O–H groups in total. The van der Waals surface area contributed by atoms with E-state index < -0.39 is 0 Å². The van der Waals surface area contributed by atoms with Crippen LogP contribution < -0.4 is 15.4 Å². The number of hydrogen-bond acceptors (Lipinski definition) is 4. The van der Waals surface area contributed by atoms with Crippen molar-refractivity contribution in [1.29, 1.82) is 0 Å². The van der Waals surface area contributed by atoms with Crippen molar-refractivity contribution in [3.05, 3.63) is 41.5 Å². The number of aliphatic imine (C=N–C) groups is 1. The molecule has 28 heavy (non-hydrogen) atoms. The molecule has 0 bridgehead atoms. The zero-order chi connectivity index (χ0) is 20.5. The molecule has 0 aliphatic carbocycles. The van der Waals surface area contributed by atoms with Gasteiger partial charge in [-0.3, -0.25) is 0 Å². The quantitative estimate of drug-likeness (QED) is 0.511. The van der Waals surface area contributed by atoms with Crippen LogP contribution in [0.2, 0.25) is 0 Å². The maximum atomic E-state index is 6.23. The van der Waals surface area contributed by atoms with Gasteiger partial charge < -0.3 is 19.9 Å². The van der Waals surface area contributed by atoms with Gasteiger partial charge in [-0.2, -0.15) is 0 Å². The van der Waals surface area contributed by atoms with E-state index in [0.29, 0.717) is 19.0 Å². The van der Waals surface area contributed by atoms with E-state index in [4.69, 9.17) is 9.73 Å². The molecule has 0 fully saturated rings. The molecule has 0 saturated carbocycles. The van der Waals surface area contributed by atoms with Crippen molar-refractivity contribution in [1.82, 2.24) is 25.4 Å². The lowest BCUT2D eigenvalue weighted by molar-refractivity contribution is 0.191. The number of nitrogens with one attached hydrogen (secondary N) is 2. The molecule has 7 heteroatoms. The van der Waals surface area contributed by atoms with Gasteiger partial charge in [-0.15, -0.1) is 10.2 Å². The molecule has 1 unspecified atom stereocenters. The molecule has 1 aromatic carbocycles. The number of guanidine groups is 1. The van der Waals surface area contributed by atoms with E-state index >= 15 is 0 Å². The van der Waals surface area contributed by atoms with Crippen LogP contribution in [0.1, 0.15) is 51.1 Å². The molecule has 2 aromatic rings. The van der Waals surface area contributed by atoms with Crippen LogP contribution in [-0.4, -0.2) is 33.4 Å². The summed E-state index contributed by atoms with van der Waals surface area (Å²) >= 11 is 0. The van der Waals surface area contributed by atoms with Gasteiger partial charge in [-0.05, 0) is 44.7 Å². The van der Waals surface area contributed by atoms with Crippen molar-refractivity contribution >= 4 is 5.96 Å². The summed E-state index contributed by atoms with van der Waals surface area (Å²) in [6.45, 7) is 12.6. The molecular formula is C21H34N6O. The van der Waals surface area contributed by atoms with Crippen molar-refractivity contribution < 1.29 is 4.74 Å². The number of benzene rings is 1. The maximum absolute atomic E-state index is 6.23. The third-order valence-corrected chi connectivity index (χ3v) is 4.32. The van der Waals surface area contributed by atoms with Crippen molar-refractivity contribution in [2.45, 2.75) is 60.2 Å². The van der Waals surface area contributed by atoms with Crippen LogP contribution in [0.5, 0.6) is 5.75 Å². The molecule has 1 aromatic heterocycles. The molecule has 0 aliphatic rings. The highest BCUT2D eigenvalue weighted by atomic mass is 16.5. The first-order valence-electron chi connectivity index (χ1n) is 10.00. The Labute approximate surface area is 168 Å². The second kappa shape index (κ2) is 10.7. The highest BCUT2D eigenvalue weighted by Crippen LogP contribution is 2.24. The first kappa shape index (κ1) is 21.7. The van der Waals surface area contributed by atoms with Crippen molar-refractivity contribution in [2.24, 2.45) is 18.0 Å². The number of rotatable bonds is 9. The minimum atomic E-state index is 0.173. The SMILES string of the molecule is CCNC(=NCc1ccc(C)cc1OC(C)CC(C)C)NCc1nncn1C. The fourth-order valence-corrected chi connectivity index (χ4v) is 2.97. The summed E-state index contributed by atoms with van der Waals surface area (Å²) in [4.78, 5) is 4.73. The highest BCUT2D eigenvalue weighted by molar-refractivity contribution is 5.79. The lowest BCUT2D eigenvalue weighted by Gasteiger charge is -2.19. The van der Waals surface area contributed by atoms with Crippen LogP contribution >= 0.6 is 0 Å². The number of aryl methyl sites for hydroxylation is 2. The average molecular weight is 387 g/mol. The minimum absolute atomic E-state index is 0.173. The zero-order valence-corrected chi connectivity index (χ0v) is 18.0. The summed E-state index contributed by atoms with van der Waals surface area (Å²) in [5.74, 6) is 3.12. The summed E-state index contributed by atoms with van der Waals surface area (Å²) in [5, 5.41) is 14.6. The van der Waals surface area contributed by atoms with E-state index in [2.05, 4.69) is 66.7 Å². The smallest absolute Gasteiger partial charge is 0.191 e. The van der Waals surface area contributed by atoms with Crippen molar-refractivity contribution in [3.63, 3.8) is 0 Å². The minimum Gasteiger partial charge on any atom is -0.490 e. The van der Waals surface area contributed by atoms with Crippen LogP contribution in [0.3, 0.4) is 0 Å². The Morgan fingerprint density at radius 3 is 2.68 bits per heavy atom. The fourth-order valence-electron chi connectivity index (χ4n) is 2.97. The predicted octanol–water partition coefficient (Wildman–Crippen LogP) is 3.19. The molecule has 0 saturated heterocycles. The Bertz CT molecular complexity index is 768. The lowest BCUT2D eigenvalue weighted by Crippen LogP contribution is -2.37. The summed E-state index contributed by atoms with van der Waals surface area (Å²) in [6.07, 6.45) is 2.89. The van der Waals surface area contributed by atoms with Crippen LogP contribution in [0.15, 0.2) is 29.5 Å². The van der Waals surface area contributed by atoms with Gasteiger partial charge in [0.05, 0.1) is 19.2 Å². The monoisotopic (exact) mass is 386 g/mol. The summed E-state index contributed by atoms with van der Waals surface area (Å²) in [7, 11) is 1.93. The maximum Gasteiger partial charge on any atom is 0.191 e. The Hall–Kier alpha value is -2.57. The van der Waals surface area contributed by atoms with Crippen LogP contribution in [0.4, 0.5) is 0 Å². The molecule has 154 valence electrons. The van der Waals surface area contributed by atoms with Gasteiger partial charge in [-0.1, -0.05) is 26.0 Å². The van der Waals surface area contributed by atoms with Gasteiger partial charge in [0.15, 0.2) is 11.8 Å². The van der Waals surface area contributed by atoms with E-state index in [9.17, 15) is 0 Å². The second-order valence-corrected chi connectivity index (χ2v) is 7.58. The molecule has 0 radical (unpaired) electrons. The van der Waals surface area contributed by atoms with Crippen molar-refractivity contribution in [2.75, 3.05) is 6.54 Å². The Morgan fingerprint density at radius 2 is 2.04 bits per heavy atom. The highest BCUT2D eigenvalue weighted by Gasteiger charge is 2.11. The molecule has 1 atom stereocenters. The van der Waals surface area contributed by atoms with Gasteiger partial charge in [0.25, 0.3) is 0 Å². The number of nitrogens with zero attached hydrogens (tertiary/aromatic N) is 4. The van der Waals surface area contributed by atoms with E-state index in [1.807, 2.05) is 18.5 Å². The zero-order valence-electron chi connectivity index (χ0n) is 18.0. The largest absolute Gasteiger partial charge is 0.490 e. The topological polar surface area (TPSA) is 76.4 Å². The van der Waals surface area contributed by atoms with Crippen LogP contribution in [0, 0.1) is 12.8 Å². The van der Waals surface area contributed by atoms with Crippen LogP contribution in [-0.2, 0) is 20.1 Å². The summed E-state index contributed by atoms with van der Waals surface area (Å²) in [5.41, 5.74) is 2.27. The molecule has 7 nitrogen and oxygen atoms in total. The summed E-state index contributed by atoms with van der Waals surface area (Å²) < 4.78 is 8.12. The number of hydrogen-bond donors (Lipinski definition) is 2. The first-order chi connectivity index (χ1) is 13.4. The Morgan fingerprint density at radius 1 is 1.25 bits per heavy atom. The van der Waals surface area contributed by atoms with Crippen LogP contribution in [0.25, 0.3) is 0 Å². The Kier molecular flexibility index (Phi) is 8.29.